The Morgan fingerprint density at radius 1 is 1.36 bits per heavy atom. The summed E-state index contributed by atoms with van der Waals surface area (Å²) in [4.78, 5) is 32.8. The molecule has 0 unspecified atom stereocenters. The van der Waals surface area contributed by atoms with Crippen molar-refractivity contribution in [1.29, 1.82) is 0 Å². The van der Waals surface area contributed by atoms with Gasteiger partial charge in [0.05, 0.1) is 5.75 Å². The van der Waals surface area contributed by atoms with Crippen molar-refractivity contribution in [2.24, 2.45) is 0 Å². The van der Waals surface area contributed by atoms with E-state index >= 15 is 0 Å². The number of carbonyl (C=O) groups is 2. The van der Waals surface area contributed by atoms with Gasteiger partial charge in [0.1, 0.15) is 16.2 Å². The van der Waals surface area contributed by atoms with Crippen LogP contribution in [0.2, 0.25) is 0 Å². The summed E-state index contributed by atoms with van der Waals surface area (Å²) in [5, 5.41) is 13.1. The molecular formula is C14H17N3O3S2. The first-order valence-corrected chi connectivity index (χ1v) is 8.61. The molecule has 2 N–H and O–H groups in total. The number of aliphatic carboxylic acids is 1. The summed E-state index contributed by atoms with van der Waals surface area (Å²) in [5.74, 6) is -0.713. The second-order valence-electron chi connectivity index (χ2n) is 4.78. The highest BCUT2D eigenvalue weighted by Gasteiger charge is 2.13. The van der Waals surface area contributed by atoms with Gasteiger partial charge in [-0.25, -0.2) is 9.97 Å². The van der Waals surface area contributed by atoms with Crippen LogP contribution in [0.25, 0.3) is 10.2 Å². The summed E-state index contributed by atoms with van der Waals surface area (Å²) in [6.45, 7) is 4.46. The minimum atomic E-state index is -0.852. The first kappa shape index (κ1) is 16.7. The molecule has 0 aromatic carbocycles. The topological polar surface area (TPSA) is 92.2 Å². The van der Waals surface area contributed by atoms with Crippen molar-refractivity contribution in [3.8, 4) is 0 Å². The van der Waals surface area contributed by atoms with Gasteiger partial charge in [0, 0.05) is 23.2 Å². The number of rotatable bonds is 7. The van der Waals surface area contributed by atoms with Gasteiger partial charge in [0.25, 0.3) is 0 Å². The summed E-state index contributed by atoms with van der Waals surface area (Å²) < 4.78 is 0. The number of thiophene rings is 1. The van der Waals surface area contributed by atoms with Crippen molar-refractivity contribution in [1.82, 2.24) is 15.3 Å². The van der Waals surface area contributed by atoms with Crippen molar-refractivity contribution in [2.75, 3.05) is 12.3 Å². The maximum Gasteiger partial charge on any atom is 0.303 e. The fourth-order valence-corrected chi connectivity index (χ4v) is 3.86. The summed E-state index contributed by atoms with van der Waals surface area (Å²) in [6.07, 6.45) is 2.02. The Morgan fingerprint density at radius 3 is 2.86 bits per heavy atom. The lowest BCUT2D eigenvalue weighted by molar-refractivity contribution is -0.137. The third kappa shape index (κ3) is 4.17. The van der Waals surface area contributed by atoms with E-state index in [0.717, 1.165) is 20.8 Å². The molecule has 6 nitrogen and oxygen atoms in total. The number of aryl methyl sites for hydroxylation is 2. The molecule has 0 saturated carbocycles. The van der Waals surface area contributed by atoms with E-state index in [4.69, 9.17) is 5.11 Å². The van der Waals surface area contributed by atoms with E-state index in [2.05, 4.69) is 15.3 Å². The van der Waals surface area contributed by atoms with Crippen molar-refractivity contribution < 1.29 is 14.7 Å². The molecule has 2 rings (SSSR count). The smallest absolute Gasteiger partial charge is 0.303 e. The lowest BCUT2D eigenvalue weighted by atomic mass is 10.2. The Kier molecular flexibility index (Phi) is 5.73. The Balaban J connectivity index is 1.92. The van der Waals surface area contributed by atoms with Crippen molar-refractivity contribution >= 4 is 45.2 Å². The molecule has 8 heteroatoms. The Labute approximate surface area is 136 Å². The average molecular weight is 339 g/mol. The highest BCUT2D eigenvalue weighted by molar-refractivity contribution is 8.00. The predicted molar refractivity (Wildman–Crippen MR) is 87.5 cm³/mol. The number of thioether (sulfide) groups is 1. The molecule has 0 fully saturated rings. The van der Waals surface area contributed by atoms with Gasteiger partial charge in [-0.15, -0.1) is 11.3 Å². The van der Waals surface area contributed by atoms with Gasteiger partial charge in [0.15, 0.2) is 0 Å². The standard InChI is InChI=1S/C14H17N3O3S2/c1-8-9(2)22-14-12(8)13(16-7-17-14)21-6-10(18)15-5-3-4-11(19)20/h7H,3-6H2,1-2H3,(H,15,18)(H,19,20). The molecule has 2 aromatic heterocycles. The van der Waals surface area contributed by atoms with Gasteiger partial charge in [-0.2, -0.15) is 0 Å². The fourth-order valence-electron chi connectivity index (χ4n) is 1.91. The number of aromatic nitrogens is 2. The second-order valence-corrected chi connectivity index (χ2v) is 6.95. The number of fused-ring (bicyclic) bond motifs is 1. The van der Waals surface area contributed by atoms with E-state index in [9.17, 15) is 9.59 Å². The van der Waals surface area contributed by atoms with E-state index < -0.39 is 5.97 Å². The maximum absolute atomic E-state index is 11.8. The number of amides is 1. The molecular weight excluding hydrogens is 322 g/mol. The number of hydrogen-bond acceptors (Lipinski definition) is 6. The minimum absolute atomic E-state index is 0.0628. The average Bonchev–Trinajstić information content (AvgIpc) is 2.77. The van der Waals surface area contributed by atoms with E-state index in [0.29, 0.717) is 13.0 Å². The van der Waals surface area contributed by atoms with Gasteiger partial charge in [-0.05, 0) is 25.8 Å². The molecule has 0 aliphatic rings. The zero-order chi connectivity index (χ0) is 16.1. The van der Waals surface area contributed by atoms with Crippen LogP contribution in [0.5, 0.6) is 0 Å². The van der Waals surface area contributed by atoms with Gasteiger partial charge < -0.3 is 10.4 Å². The van der Waals surface area contributed by atoms with Crippen LogP contribution in [-0.2, 0) is 9.59 Å². The van der Waals surface area contributed by atoms with Crippen LogP contribution in [0.4, 0.5) is 0 Å². The SMILES string of the molecule is Cc1sc2ncnc(SCC(=O)NCCCC(=O)O)c2c1C. The van der Waals surface area contributed by atoms with Crippen LogP contribution in [0.3, 0.4) is 0 Å². The number of carboxylic acid groups (broad SMARTS) is 1. The largest absolute Gasteiger partial charge is 0.481 e. The quantitative estimate of drug-likeness (QED) is 0.457. The normalized spacial score (nSPS) is 10.8. The molecule has 0 spiro atoms. The van der Waals surface area contributed by atoms with Crippen LogP contribution < -0.4 is 5.32 Å². The molecule has 2 aromatic rings. The molecule has 22 heavy (non-hydrogen) atoms. The van der Waals surface area contributed by atoms with Crippen LogP contribution in [0, 0.1) is 13.8 Å². The first-order valence-electron chi connectivity index (χ1n) is 6.81. The highest BCUT2D eigenvalue weighted by Crippen LogP contribution is 2.34. The van der Waals surface area contributed by atoms with Gasteiger partial charge >= 0.3 is 5.97 Å². The summed E-state index contributed by atoms with van der Waals surface area (Å²) in [5.41, 5.74) is 1.16. The van der Waals surface area contributed by atoms with Crippen LogP contribution >= 0.6 is 23.1 Å². The van der Waals surface area contributed by atoms with E-state index in [1.807, 2.05) is 13.8 Å². The molecule has 1 amide bonds. The molecule has 0 radical (unpaired) electrons. The number of carboxylic acids is 1. The van der Waals surface area contributed by atoms with E-state index in [1.165, 1.54) is 23.0 Å². The van der Waals surface area contributed by atoms with Crippen LogP contribution in [0.15, 0.2) is 11.4 Å². The van der Waals surface area contributed by atoms with Crippen LogP contribution in [-0.4, -0.2) is 39.2 Å². The molecule has 2 heterocycles. The van der Waals surface area contributed by atoms with Gasteiger partial charge in [-0.1, -0.05) is 11.8 Å². The lowest BCUT2D eigenvalue weighted by Crippen LogP contribution is -2.26. The van der Waals surface area contributed by atoms with E-state index in [1.54, 1.807) is 11.3 Å². The number of hydrogen-bond donors (Lipinski definition) is 2. The van der Waals surface area contributed by atoms with Crippen LogP contribution in [0.1, 0.15) is 23.3 Å². The van der Waals surface area contributed by atoms with Crippen molar-refractivity contribution in [3.63, 3.8) is 0 Å². The maximum atomic E-state index is 11.8. The highest BCUT2D eigenvalue weighted by atomic mass is 32.2. The Morgan fingerprint density at radius 2 is 2.14 bits per heavy atom. The zero-order valence-electron chi connectivity index (χ0n) is 12.4. The predicted octanol–water partition coefficient (Wildman–Crippen LogP) is 2.38. The number of nitrogens with zero attached hydrogens (tertiary/aromatic N) is 2. The molecule has 118 valence electrons. The van der Waals surface area contributed by atoms with Gasteiger partial charge in [0.2, 0.25) is 5.91 Å². The monoisotopic (exact) mass is 339 g/mol. The Bertz CT molecular complexity index is 700. The van der Waals surface area contributed by atoms with Crippen molar-refractivity contribution in [2.45, 2.75) is 31.7 Å². The molecule has 0 aliphatic carbocycles. The lowest BCUT2D eigenvalue weighted by Gasteiger charge is -2.05. The van der Waals surface area contributed by atoms with E-state index in [-0.39, 0.29) is 18.1 Å². The minimum Gasteiger partial charge on any atom is -0.481 e. The molecule has 0 aliphatic heterocycles. The number of nitrogens with one attached hydrogen (secondary N) is 1. The zero-order valence-corrected chi connectivity index (χ0v) is 14.0. The van der Waals surface area contributed by atoms with Crippen molar-refractivity contribution in [3.05, 3.63) is 16.8 Å². The summed E-state index contributed by atoms with van der Waals surface area (Å²) in [6, 6.07) is 0. The summed E-state index contributed by atoms with van der Waals surface area (Å²) in [7, 11) is 0. The summed E-state index contributed by atoms with van der Waals surface area (Å²) >= 11 is 3.00. The third-order valence-electron chi connectivity index (χ3n) is 3.16. The Hall–Kier alpha value is -1.67. The van der Waals surface area contributed by atoms with Gasteiger partial charge in [-0.3, -0.25) is 9.59 Å². The second kappa shape index (κ2) is 7.55. The molecule has 0 atom stereocenters. The number of carbonyl (C=O) groups excluding carboxylic acids is 1. The third-order valence-corrected chi connectivity index (χ3v) is 5.26. The first-order chi connectivity index (χ1) is 10.5. The molecule has 0 bridgehead atoms. The fraction of sp³-hybridized carbons (Fsp3) is 0.429. The molecule has 0 saturated heterocycles.